The molecule has 0 spiro atoms. The van der Waals surface area contributed by atoms with Gasteiger partial charge < -0.3 is 59.6 Å². The Morgan fingerprint density at radius 2 is 1.64 bits per heavy atom. The summed E-state index contributed by atoms with van der Waals surface area (Å²) in [6.07, 6.45) is -7.95. The molecule has 0 unspecified atom stereocenters. The first-order valence-electron chi connectivity index (χ1n) is 14.3. The fourth-order valence-corrected chi connectivity index (χ4v) is 5.42. The number of halogens is 1. The molecule has 45 heavy (non-hydrogen) atoms. The number of hydrogen-bond donors (Lipinski definition) is 7. The van der Waals surface area contributed by atoms with Crippen LogP contribution in [0.2, 0.25) is 0 Å². The first-order chi connectivity index (χ1) is 21.4. The number of phenols is 1. The molecule has 2 aliphatic heterocycles. The number of carbonyl (C=O) groups is 1. The van der Waals surface area contributed by atoms with Crippen LogP contribution in [0.1, 0.15) is 19.4 Å². The Kier molecular flexibility index (Phi) is 10.1. The van der Waals surface area contributed by atoms with Crippen molar-refractivity contribution in [2.24, 2.45) is 0 Å². The molecule has 7 N–H and O–H groups in total. The van der Waals surface area contributed by atoms with E-state index in [2.05, 4.69) is 5.32 Å². The topological polar surface area (TPSA) is 197 Å². The SMILES string of the molecule is C/C(=C\c1ccc(O[C@@H]2O[C@H](/C(C)=C/COc3ccc(F)cc3)[C@@H](O)[C@@H]2O)c(O)c1)C(=O)N[C@@H]1[C@H](O)[C@@H](O)[C@H]2OCO[C@H]2[C@@H]1O. The van der Waals surface area contributed by atoms with Crippen molar-refractivity contribution < 1.29 is 63.5 Å². The Morgan fingerprint density at radius 3 is 2.33 bits per heavy atom. The minimum atomic E-state index is -1.50. The number of ether oxygens (including phenoxy) is 5. The van der Waals surface area contributed by atoms with E-state index in [9.17, 15) is 39.8 Å². The van der Waals surface area contributed by atoms with Gasteiger partial charge in [-0.1, -0.05) is 6.07 Å². The summed E-state index contributed by atoms with van der Waals surface area (Å²) in [5.74, 6) is -0.967. The molecule has 2 heterocycles. The Morgan fingerprint density at radius 1 is 0.956 bits per heavy atom. The molecule has 10 atom stereocenters. The average Bonchev–Trinajstić information content (AvgIpc) is 3.62. The second-order valence-corrected chi connectivity index (χ2v) is 11.1. The molecule has 3 aliphatic rings. The van der Waals surface area contributed by atoms with Gasteiger partial charge in [-0.2, -0.15) is 0 Å². The van der Waals surface area contributed by atoms with Crippen LogP contribution >= 0.6 is 0 Å². The number of phenolic OH excluding ortho intramolecular Hbond substituents is 1. The first kappa shape index (κ1) is 32.8. The number of fused-ring (bicyclic) bond motifs is 1. The van der Waals surface area contributed by atoms with E-state index < -0.39 is 67.1 Å². The summed E-state index contributed by atoms with van der Waals surface area (Å²) >= 11 is 0. The minimum absolute atomic E-state index is 0.0526. The van der Waals surface area contributed by atoms with Crippen LogP contribution in [-0.2, 0) is 19.0 Å². The minimum Gasteiger partial charge on any atom is -0.504 e. The monoisotopic (exact) mass is 633 g/mol. The quantitative estimate of drug-likeness (QED) is 0.146. The molecule has 1 saturated carbocycles. The summed E-state index contributed by atoms with van der Waals surface area (Å²) in [5.41, 5.74) is 1.12. The van der Waals surface area contributed by atoms with Crippen LogP contribution in [0, 0.1) is 5.82 Å². The fraction of sp³-hybridized carbons (Fsp3) is 0.452. The molecular formula is C31H36FNO12. The van der Waals surface area contributed by atoms with Gasteiger partial charge >= 0.3 is 0 Å². The van der Waals surface area contributed by atoms with Crippen molar-refractivity contribution >= 4 is 12.0 Å². The summed E-state index contributed by atoms with van der Waals surface area (Å²) in [4.78, 5) is 12.9. The number of rotatable bonds is 9. The van der Waals surface area contributed by atoms with E-state index in [1.165, 1.54) is 55.5 Å². The van der Waals surface area contributed by atoms with Gasteiger partial charge in [-0.25, -0.2) is 4.39 Å². The molecule has 1 amide bonds. The van der Waals surface area contributed by atoms with Crippen LogP contribution in [0.15, 0.2) is 59.7 Å². The fourth-order valence-electron chi connectivity index (χ4n) is 5.42. The lowest BCUT2D eigenvalue weighted by Gasteiger charge is -2.41. The van der Waals surface area contributed by atoms with Gasteiger partial charge in [0.15, 0.2) is 11.5 Å². The molecule has 0 aromatic heterocycles. The summed E-state index contributed by atoms with van der Waals surface area (Å²) in [6, 6.07) is 8.50. The second-order valence-electron chi connectivity index (χ2n) is 11.1. The average molecular weight is 634 g/mol. The van der Waals surface area contributed by atoms with Crippen LogP contribution in [0.3, 0.4) is 0 Å². The molecule has 244 valence electrons. The standard InChI is InChI=1S/C31H36FNO12/c1-14(9-10-41-18-6-4-17(32)5-7-18)27-25(38)26(39)31(45-27)44-20-8-3-16(12-19(20)34)11-15(2)30(40)33-21-22(35)24(37)29-28(23(21)36)42-13-43-29/h3-9,11-12,21-29,31,34-39H,10,13H2,1-2H3,(H,33,40)/b14-9+,15-11+/t21-,22+,23-,24-,25+,26+,27-,28+,29-,31-/m1/s1. The zero-order chi connectivity index (χ0) is 32.4. The van der Waals surface area contributed by atoms with Crippen molar-refractivity contribution in [2.75, 3.05) is 13.4 Å². The van der Waals surface area contributed by atoms with Crippen molar-refractivity contribution in [1.82, 2.24) is 5.32 Å². The van der Waals surface area contributed by atoms with Gasteiger partial charge in [0.1, 0.15) is 73.8 Å². The normalized spacial score (nSPS) is 33.5. The molecule has 2 aromatic rings. The number of aromatic hydroxyl groups is 1. The molecule has 13 nitrogen and oxygen atoms in total. The van der Waals surface area contributed by atoms with E-state index in [0.29, 0.717) is 16.9 Å². The lowest BCUT2D eigenvalue weighted by atomic mass is 9.83. The predicted molar refractivity (Wildman–Crippen MR) is 153 cm³/mol. The molecule has 5 rings (SSSR count). The Bertz CT molecular complexity index is 1420. The highest BCUT2D eigenvalue weighted by Gasteiger charge is 2.53. The number of benzene rings is 2. The summed E-state index contributed by atoms with van der Waals surface area (Å²) in [7, 11) is 0. The molecule has 0 radical (unpaired) electrons. The highest BCUT2D eigenvalue weighted by atomic mass is 19.1. The van der Waals surface area contributed by atoms with Crippen LogP contribution in [-0.4, -0.2) is 111 Å². The van der Waals surface area contributed by atoms with Gasteiger partial charge in [0.05, 0.1) is 6.04 Å². The second kappa shape index (κ2) is 13.8. The number of aliphatic hydroxyl groups is 5. The van der Waals surface area contributed by atoms with E-state index in [0.717, 1.165) is 0 Å². The lowest BCUT2D eigenvalue weighted by molar-refractivity contribution is -0.155. The maximum absolute atomic E-state index is 13.1. The summed E-state index contributed by atoms with van der Waals surface area (Å²) < 4.78 is 40.5. The summed E-state index contributed by atoms with van der Waals surface area (Å²) in [5, 5.41) is 65.5. The zero-order valence-electron chi connectivity index (χ0n) is 24.4. The molecule has 2 saturated heterocycles. The van der Waals surface area contributed by atoms with Gasteiger partial charge in [0.25, 0.3) is 0 Å². The zero-order valence-corrected chi connectivity index (χ0v) is 24.4. The van der Waals surface area contributed by atoms with Gasteiger partial charge in [-0.05, 0) is 73.5 Å². The van der Waals surface area contributed by atoms with Crippen LogP contribution in [0.4, 0.5) is 4.39 Å². The van der Waals surface area contributed by atoms with Crippen molar-refractivity contribution in [3.05, 3.63) is 71.1 Å². The van der Waals surface area contributed by atoms with Gasteiger partial charge in [-0.15, -0.1) is 0 Å². The third-order valence-corrected chi connectivity index (χ3v) is 8.01. The van der Waals surface area contributed by atoms with Crippen molar-refractivity contribution in [1.29, 1.82) is 0 Å². The Balaban J connectivity index is 1.18. The molecule has 2 aromatic carbocycles. The molecular weight excluding hydrogens is 597 g/mol. The van der Waals surface area contributed by atoms with Crippen molar-refractivity contribution in [3.63, 3.8) is 0 Å². The van der Waals surface area contributed by atoms with E-state index in [-0.39, 0.29) is 36.3 Å². The van der Waals surface area contributed by atoms with E-state index in [1.807, 2.05) is 0 Å². The Hall–Kier alpha value is -3.60. The Labute approximate surface area is 257 Å². The molecule has 14 heteroatoms. The van der Waals surface area contributed by atoms with Gasteiger partial charge in [0.2, 0.25) is 12.2 Å². The first-order valence-corrected chi connectivity index (χ1v) is 14.3. The maximum Gasteiger partial charge on any atom is 0.247 e. The third-order valence-electron chi connectivity index (χ3n) is 8.01. The van der Waals surface area contributed by atoms with Gasteiger partial charge in [0, 0.05) is 5.57 Å². The largest absolute Gasteiger partial charge is 0.504 e. The summed E-state index contributed by atoms with van der Waals surface area (Å²) in [6.45, 7) is 3.11. The number of aliphatic hydroxyl groups excluding tert-OH is 5. The number of amides is 1. The maximum atomic E-state index is 13.1. The number of carbonyl (C=O) groups excluding carboxylic acids is 1. The van der Waals surface area contributed by atoms with Crippen molar-refractivity contribution in [3.8, 4) is 17.2 Å². The van der Waals surface area contributed by atoms with E-state index in [4.69, 9.17) is 23.7 Å². The third kappa shape index (κ3) is 7.13. The van der Waals surface area contributed by atoms with E-state index >= 15 is 0 Å². The van der Waals surface area contributed by atoms with Crippen LogP contribution in [0.25, 0.3) is 6.08 Å². The van der Waals surface area contributed by atoms with E-state index in [1.54, 1.807) is 13.0 Å². The van der Waals surface area contributed by atoms with Crippen molar-refractivity contribution in [2.45, 2.75) is 75.0 Å². The number of hydrogen-bond acceptors (Lipinski definition) is 12. The highest BCUT2D eigenvalue weighted by molar-refractivity contribution is 5.97. The lowest BCUT2D eigenvalue weighted by Crippen LogP contribution is -2.67. The van der Waals surface area contributed by atoms with Gasteiger partial charge in [-0.3, -0.25) is 4.79 Å². The highest BCUT2D eigenvalue weighted by Crippen LogP contribution is 2.34. The number of nitrogens with one attached hydrogen (secondary N) is 1. The molecule has 3 fully saturated rings. The van der Waals surface area contributed by atoms with Crippen LogP contribution < -0.4 is 14.8 Å². The smallest absolute Gasteiger partial charge is 0.247 e. The predicted octanol–water partition coefficient (Wildman–Crippen LogP) is 0.108. The van der Waals surface area contributed by atoms with Crippen LogP contribution in [0.5, 0.6) is 17.2 Å². The molecule has 0 bridgehead atoms. The molecule has 1 aliphatic carbocycles.